The molecule has 0 aromatic heterocycles. The van der Waals surface area contributed by atoms with Gasteiger partial charge in [0.25, 0.3) is 0 Å². The Bertz CT molecular complexity index is 2180. The molecule has 2 bridgehead atoms. The van der Waals surface area contributed by atoms with Crippen LogP contribution in [-0.4, -0.2) is 51.8 Å². The van der Waals surface area contributed by atoms with Crippen LogP contribution in [0.5, 0.6) is 5.75 Å². The van der Waals surface area contributed by atoms with Crippen molar-refractivity contribution < 1.29 is 24.5 Å². The van der Waals surface area contributed by atoms with Crippen LogP contribution in [0.25, 0.3) is 21.9 Å². The van der Waals surface area contributed by atoms with E-state index < -0.39 is 23.2 Å². The summed E-state index contributed by atoms with van der Waals surface area (Å²) < 4.78 is 5.98. The zero-order valence-corrected chi connectivity index (χ0v) is 32.3. The van der Waals surface area contributed by atoms with Crippen molar-refractivity contribution in [1.82, 2.24) is 4.90 Å². The van der Waals surface area contributed by atoms with E-state index >= 15 is 0 Å². The van der Waals surface area contributed by atoms with E-state index in [-0.39, 0.29) is 18.2 Å². The third kappa shape index (κ3) is 8.17. The van der Waals surface area contributed by atoms with Gasteiger partial charge in [0, 0.05) is 23.1 Å². The Kier molecular flexibility index (Phi) is 11.4. The molecule has 1 amide bonds. The molecule has 0 saturated heterocycles. The van der Waals surface area contributed by atoms with Gasteiger partial charge >= 0.3 is 6.09 Å². The molecular weight excluding hydrogens is 683 g/mol. The molecule has 5 aromatic rings. The minimum Gasteiger partial charge on any atom is -0.410 e. The molecule has 1 fully saturated rings. The van der Waals surface area contributed by atoms with Crippen molar-refractivity contribution in [3.63, 3.8) is 0 Å². The number of rotatable bonds is 8. The molecule has 4 atom stereocenters. The lowest BCUT2D eigenvalue weighted by atomic mass is 9.64. The number of nitrogens with zero attached hydrogens (tertiary/aromatic N) is 1. The molecule has 0 heterocycles. The van der Waals surface area contributed by atoms with E-state index in [4.69, 9.17) is 4.74 Å². The Morgan fingerprint density at radius 1 is 0.836 bits per heavy atom. The summed E-state index contributed by atoms with van der Waals surface area (Å²) in [6.45, 7) is 6.85. The van der Waals surface area contributed by atoms with Crippen LogP contribution in [0.15, 0.2) is 127 Å². The van der Waals surface area contributed by atoms with Crippen LogP contribution in [0.4, 0.5) is 4.79 Å². The molecule has 0 spiro atoms. The monoisotopic (exact) mass is 735 g/mol. The summed E-state index contributed by atoms with van der Waals surface area (Å²) in [5.74, 6) is 0.241. The van der Waals surface area contributed by atoms with Gasteiger partial charge in [-0.15, -0.1) is 0 Å². The van der Waals surface area contributed by atoms with Crippen LogP contribution < -0.4 is 4.74 Å². The van der Waals surface area contributed by atoms with Gasteiger partial charge in [0.05, 0.1) is 18.2 Å². The summed E-state index contributed by atoms with van der Waals surface area (Å²) in [5.41, 5.74) is 4.44. The Labute approximate surface area is 325 Å². The number of amides is 1. The smallest absolute Gasteiger partial charge is 0.410 e. The van der Waals surface area contributed by atoms with Gasteiger partial charge in [-0.3, -0.25) is 4.79 Å². The van der Waals surface area contributed by atoms with Gasteiger partial charge in [-0.05, 0) is 115 Å². The lowest BCUT2D eigenvalue weighted by molar-refractivity contribution is -0.0790. The number of carbonyl (C=O) groups excluding carboxylic acids is 2. The average Bonchev–Trinajstić information content (AvgIpc) is 3.45. The Morgan fingerprint density at radius 2 is 1.56 bits per heavy atom. The predicted octanol–water partition coefficient (Wildman–Crippen LogP) is 10.7. The highest BCUT2D eigenvalue weighted by atomic mass is 16.6. The summed E-state index contributed by atoms with van der Waals surface area (Å²) in [7, 11) is 0. The highest BCUT2D eigenvalue weighted by molar-refractivity contribution is 6.10. The summed E-state index contributed by atoms with van der Waals surface area (Å²) in [6, 6.07) is 37.6. The van der Waals surface area contributed by atoms with Gasteiger partial charge in [-0.2, -0.15) is 0 Å². The molecule has 2 N–H and O–H groups in total. The van der Waals surface area contributed by atoms with Crippen LogP contribution in [0.2, 0.25) is 0 Å². The molecule has 3 aliphatic rings. The van der Waals surface area contributed by atoms with Crippen LogP contribution in [0, 0.1) is 5.41 Å². The first kappa shape index (κ1) is 38.2. The van der Waals surface area contributed by atoms with E-state index in [9.17, 15) is 19.8 Å². The van der Waals surface area contributed by atoms with Gasteiger partial charge in [0.15, 0.2) is 5.78 Å². The number of aliphatic hydroxyl groups is 2. The average molecular weight is 736 g/mol. The fraction of sp³-hybridized carbons (Fsp3) is 0.347. The largest absolute Gasteiger partial charge is 0.415 e. The molecule has 4 unspecified atom stereocenters. The van der Waals surface area contributed by atoms with Crippen LogP contribution in [-0.2, 0) is 6.42 Å². The summed E-state index contributed by atoms with van der Waals surface area (Å²) in [4.78, 5) is 30.2. The Hall–Kier alpha value is -5.04. The van der Waals surface area contributed by atoms with E-state index in [2.05, 4.69) is 38.1 Å². The second kappa shape index (κ2) is 16.4. The summed E-state index contributed by atoms with van der Waals surface area (Å²) in [6.07, 6.45) is 6.32. The van der Waals surface area contributed by atoms with E-state index in [1.807, 2.05) is 104 Å². The maximum atomic E-state index is 14.6. The topological polar surface area (TPSA) is 87.1 Å². The lowest BCUT2D eigenvalue weighted by Gasteiger charge is -2.46. The van der Waals surface area contributed by atoms with Gasteiger partial charge < -0.3 is 19.8 Å². The molecule has 8 rings (SSSR count). The molecular formula is C49H53NO5. The van der Waals surface area contributed by atoms with Gasteiger partial charge in [-0.25, -0.2) is 4.79 Å². The molecule has 6 heteroatoms. The summed E-state index contributed by atoms with van der Waals surface area (Å²) >= 11 is 0. The third-order valence-electron chi connectivity index (χ3n) is 12.3. The van der Waals surface area contributed by atoms with Crippen molar-refractivity contribution in [1.29, 1.82) is 0 Å². The van der Waals surface area contributed by atoms with Crippen molar-refractivity contribution in [3.05, 3.63) is 149 Å². The number of hydrogen-bond donors (Lipinski definition) is 2. The minimum atomic E-state index is -1.25. The van der Waals surface area contributed by atoms with Crippen molar-refractivity contribution in [2.45, 2.75) is 89.8 Å². The number of ketones is 1. The van der Waals surface area contributed by atoms with Gasteiger partial charge in [0.2, 0.25) is 0 Å². The molecule has 5 aromatic carbocycles. The number of aliphatic hydroxyl groups excluding tert-OH is 1. The minimum absolute atomic E-state index is 0.0712. The zero-order valence-electron chi connectivity index (χ0n) is 32.3. The predicted molar refractivity (Wildman–Crippen MR) is 221 cm³/mol. The molecule has 284 valence electrons. The number of fused-ring (bicyclic) bond motifs is 9. The number of carbonyl (C=O) groups is 2. The maximum Gasteiger partial charge on any atom is 0.415 e. The molecule has 3 aliphatic carbocycles. The van der Waals surface area contributed by atoms with Gasteiger partial charge in [-0.1, -0.05) is 123 Å². The van der Waals surface area contributed by atoms with Crippen molar-refractivity contribution in [2.24, 2.45) is 5.41 Å². The quantitative estimate of drug-likeness (QED) is 0.122. The zero-order chi connectivity index (χ0) is 38.6. The molecule has 55 heavy (non-hydrogen) atoms. The standard InChI is InChI=1S/C49H53NO5/c1-4-29-50(47(53)55-42-24-22-37-14-8-9-15-40(37)32-42)33-49(54)28-26-45-43-25-17-35(30-41(51)23-16-34(2)11-10-27-48(45,49)3)31-44(43)46(52)39-20-18-38(19-21-39)36-12-6-5-7-13-36/h5-9,11-15,17-22,24-25,31-32,41,45,51,54H,4,10,16,23,26-30,33H2,1-3H3. The van der Waals surface area contributed by atoms with E-state index in [1.165, 1.54) is 5.57 Å². The second-order valence-corrected chi connectivity index (χ2v) is 16.0. The van der Waals surface area contributed by atoms with Crippen molar-refractivity contribution in [3.8, 4) is 16.9 Å². The van der Waals surface area contributed by atoms with Gasteiger partial charge in [0.1, 0.15) is 5.75 Å². The molecule has 6 nitrogen and oxygen atoms in total. The second-order valence-electron chi connectivity index (χ2n) is 16.0. The van der Waals surface area contributed by atoms with Crippen LogP contribution in [0.1, 0.15) is 98.7 Å². The Balaban J connectivity index is 1.24. The highest BCUT2D eigenvalue weighted by Crippen LogP contribution is 2.59. The number of allylic oxidation sites excluding steroid dienone is 2. The highest BCUT2D eigenvalue weighted by Gasteiger charge is 2.57. The number of ether oxygens (including phenoxy) is 1. The maximum absolute atomic E-state index is 14.6. The van der Waals surface area contributed by atoms with Crippen LogP contribution >= 0.6 is 0 Å². The Morgan fingerprint density at radius 3 is 2.33 bits per heavy atom. The summed E-state index contributed by atoms with van der Waals surface area (Å²) in [5, 5.41) is 26.0. The molecule has 0 radical (unpaired) electrons. The SMILES string of the molecule is CCCN(CC1(O)CCC2c3ccc(cc3C(=O)c3ccc(-c4ccccc4)cc3)CC(O)CCC(C)=CCCC21C)C(=O)Oc1ccc2ccccc2c1. The first-order chi connectivity index (χ1) is 26.6. The fourth-order valence-electron chi connectivity index (χ4n) is 9.01. The van der Waals surface area contributed by atoms with Crippen molar-refractivity contribution >= 4 is 22.6 Å². The first-order valence-corrected chi connectivity index (χ1v) is 19.9. The molecule has 0 aliphatic heterocycles. The first-order valence-electron chi connectivity index (χ1n) is 19.9. The van der Waals surface area contributed by atoms with E-state index in [1.54, 1.807) is 4.90 Å². The van der Waals surface area contributed by atoms with Crippen LogP contribution in [0.3, 0.4) is 0 Å². The van der Waals surface area contributed by atoms with E-state index in [0.717, 1.165) is 45.9 Å². The lowest BCUT2D eigenvalue weighted by Crippen LogP contribution is -2.54. The fourth-order valence-corrected chi connectivity index (χ4v) is 9.01. The molecule has 1 saturated carbocycles. The third-order valence-corrected chi connectivity index (χ3v) is 12.3. The normalized spacial score (nSPS) is 22.7. The number of hydrogen-bond acceptors (Lipinski definition) is 5. The van der Waals surface area contributed by atoms with Crippen molar-refractivity contribution in [2.75, 3.05) is 13.1 Å². The number of benzene rings is 5. The van der Waals surface area contributed by atoms with E-state index in [0.29, 0.717) is 61.9 Å².